The predicted octanol–water partition coefficient (Wildman–Crippen LogP) is 1.66. The van der Waals surface area contributed by atoms with Gasteiger partial charge in [-0.3, -0.25) is 9.59 Å². The molecule has 0 spiro atoms. The Balaban J connectivity index is 2.33. The molecule has 0 bridgehead atoms. The summed E-state index contributed by atoms with van der Waals surface area (Å²) in [7, 11) is -3.19. The fourth-order valence-electron chi connectivity index (χ4n) is 2.53. The van der Waals surface area contributed by atoms with Crippen molar-refractivity contribution in [2.75, 3.05) is 23.0 Å². The second-order valence-corrected chi connectivity index (χ2v) is 7.64. The van der Waals surface area contributed by atoms with E-state index in [1.807, 2.05) is 13.8 Å². The summed E-state index contributed by atoms with van der Waals surface area (Å²) in [6.45, 7) is 5.57. The third kappa shape index (κ3) is 2.85. The molecule has 0 saturated carbocycles. The summed E-state index contributed by atoms with van der Waals surface area (Å²) in [6, 6.07) is 3.44. The molecule has 1 aliphatic heterocycles. The van der Waals surface area contributed by atoms with E-state index in [2.05, 4.69) is 0 Å². The number of hydrogen-bond donors (Lipinski definition) is 0. The van der Waals surface area contributed by atoms with E-state index in [0.717, 1.165) is 11.1 Å². The van der Waals surface area contributed by atoms with Crippen LogP contribution in [-0.2, 0) is 14.6 Å². The van der Waals surface area contributed by atoms with Crippen molar-refractivity contribution in [2.24, 2.45) is 0 Å². The van der Waals surface area contributed by atoms with Gasteiger partial charge in [0.25, 0.3) is 11.7 Å². The summed E-state index contributed by atoms with van der Waals surface area (Å²) in [6.07, 6.45) is 0.546. The van der Waals surface area contributed by atoms with Crippen molar-refractivity contribution in [3.63, 3.8) is 0 Å². The average Bonchev–Trinajstić information content (AvgIpc) is 2.65. The summed E-state index contributed by atoms with van der Waals surface area (Å²) in [5.41, 5.74) is 2.75. The van der Waals surface area contributed by atoms with Crippen LogP contribution < -0.4 is 4.90 Å². The lowest BCUT2D eigenvalue weighted by atomic mass is 10.0. The normalized spacial score (nSPS) is 14.7. The Hall–Kier alpha value is -1.69. The second-order valence-electron chi connectivity index (χ2n) is 5.34. The third-order valence-corrected chi connectivity index (χ3v) is 5.63. The minimum absolute atomic E-state index is 0.0319. The highest BCUT2D eigenvalue weighted by Crippen LogP contribution is 2.33. The molecule has 5 nitrogen and oxygen atoms in total. The zero-order valence-corrected chi connectivity index (χ0v) is 13.3. The van der Waals surface area contributed by atoms with Crippen molar-refractivity contribution in [1.82, 2.24) is 0 Å². The maximum atomic E-state index is 12.1. The number of rotatable bonds is 5. The van der Waals surface area contributed by atoms with E-state index in [9.17, 15) is 18.0 Å². The Labute approximate surface area is 124 Å². The van der Waals surface area contributed by atoms with Gasteiger partial charge in [0.1, 0.15) is 0 Å². The number of amides is 1. The summed E-state index contributed by atoms with van der Waals surface area (Å²) < 4.78 is 23.6. The Morgan fingerprint density at radius 1 is 1.10 bits per heavy atom. The van der Waals surface area contributed by atoms with Crippen molar-refractivity contribution >= 4 is 27.2 Å². The lowest BCUT2D eigenvalue weighted by Crippen LogP contribution is -2.35. The van der Waals surface area contributed by atoms with Gasteiger partial charge in [-0.2, -0.15) is 0 Å². The Morgan fingerprint density at radius 3 is 2.38 bits per heavy atom. The van der Waals surface area contributed by atoms with Crippen molar-refractivity contribution in [3.8, 4) is 0 Å². The summed E-state index contributed by atoms with van der Waals surface area (Å²) >= 11 is 0. The first kappa shape index (κ1) is 15.7. The topological polar surface area (TPSA) is 71.5 Å². The predicted molar refractivity (Wildman–Crippen MR) is 81.5 cm³/mol. The van der Waals surface area contributed by atoms with Crippen LogP contribution in [0.25, 0.3) is 0 Å². The van der Waals surface area contributed by atoms with Crippen LogP contribution in [0.1, 0.15) is 34.8 Å². The van der Waals surface area contributed by atoms with Gasteiger partial charge < -0.3 is 4.90 Å². The highest BCUT2D eigenvalue weighted by atomic mass is 32.2. The van der Waals surface area contributed by atoms with Crippen molar-refractivity contribution in [2.45, 2.75) is 27.2 Å². The van der Waals surface area contributed by atoms with Gasteiger partial charge in [-0.05, 0) is 37.5 Å². The SMILES string of the molecule is CCCS(=O)(=O)CCN1C(=O)C(=O)c2ccc(C)c(C)c21. The number of hydrogen-bond acceptors (Lipinski definition) is 4. The van der Waals surface area contributed by atoms with Crippen LogP contribution in [0.5, 0.6) is 0 Å². The quantitative estimate of drug-likeness (QED) is 0.776. The molecule has 6 heteroatoms. The van der Waals surface area contributed by atoms with Gasteiger partial charge in [0.05, 0.1) is 17.0 Å². The average molecular weight is 309 g/mol. The van der Waals surface area contributed by atoms with Gasteiger partial charge >= 0.3 is 0 Å². The van der Waals surface area contributed by atoms with Crippen LogP contribution >= 0.6 is 0 Å². The molecule has 0 unspecified atom stereocenters. The van der Waals surface area contributed by atoms with Gasteiger partial charge in [-0.1, -0.05) is 13.0 Å². The molecule has 0 atom stereocenters. The Kier molecular flexibility index (Phi) is 4.18. The van der Waals surface area contributed by atoms with Crippen LogP contribution in [-0.4, -0.2) is 38.2 Å². The van der Waals surface area contributed by atoms with Gasteiger partial charge in [-0.25, -0.2) is 8.42 Å². The fourth-order valence-corrected chi connectivity index (χ4v) is 3.82. The number of nitrogens with zero attached hydrogens (tertiary/aromatic N) is 1. The van der Waals surface area contributed by atoms with Crippen LogP contribution in [0.2, 0.25) is 0 Å². The van der Waals surface area contributed by atoms with Gasteiger partial charge in [0.2, 0.25) is 0 Å². The molecule has 0 fully saturated rings. The molecular formula is C15H19NO4S. The van der Waals surface area contributed by atoms with Crippen LogP contribution in [0.4, 0.5) is 5.69 Å². The van der Waals surface area contributed by atoms with Crippen molar-refractivity contribution in [3.05, 3.63) is 28.8 Å². The Morgan fingerprint density at radius 2 is 1.76 bits per heavy atom. The zero-order valence-electron chi connectivity index (χ0n) is 12.5. The van der Waals surface area contributed by atoms with E-state index in [4.69, 9.17) is 0 Å². The summed E-state index contributed by atoms with van der Waals surface area (Å²) in [4.78, 5) is 25.4. The summed E-state index contributed by atoms with van der Waals surface area (Å²) in [5.74, 6) is -1.21. The number of anilines is 1. The van der Waals surface area contributed by atoms with Crippen molar-refractivity contribution in [1.29, 1.82) is 0 Å². The zero-order chi connectivity index (χ0) is 15.8. The molecule has 21 heavy (non-hydrogen) atoms. The number of ketones is 1. The second kappa shape index (κ2) is 5.60. The number of benzene rings is 1. The van der Waals surface area contributed by atoms with E-state index in [1.165, 1.54) is 4.90 Å². The molecule has 0 saturated heterocycles. The fraction of sp³-hybridized carbons (Fsp3) is 0.467. The highest BCUT2D eigenvalue weighted by Gasteiger charge is 2.37. The van der Waals surface area contributed by atoms with Crippen LogP contribution in [0.3, 0.4) is 0 Å². The molecule has 2 rings (SSSR count). The van der Waals surface area contributed by atoms with Gasteiger partial charge in [0.15, 0.2) is 9.84 Å². The van der Waals surface area contributed by atoms with E-state index >= 15 is 0 Å². The number of Topliss-reactive ketones (excluding diaryl/α,β-unsaturated/α-hetero) is 1. The maximum absolute atomic E-state index is 12.1. The molecule has 0 radical (unpaired) electrons. The monoisotopic (exact) mass is 309 g/mol. The van der Waals surface area contributed by atoms with Crippen LogP contribution in [0.15, 0.2) is 12.1 Å². The van der Waals surface area contributed by atoms with Crippen molar-refractivity contribution < 1.29 is 18.0 Å². The number of aryl methyl sites for hydroxylation is 1. The lowest BCUT2D eigenvalue weighted by Gasteiger charge is -2.19. The van der Waals surface area contributed by atoms with E-state index < -0.39 is 21.5 Å². The first-order chi connectivity index (χ1) is 9.78. The number of carbonyl (C=O) groups excluding carboxylic acids is 2. The molecule has 1 amide bonds. The number of sulfone groups is 1. The number of fused-ring (bicyclic) bond motifs is 1. The lowest BCUT2D eigenvalue weighted by molar-refractivity contribution is -0.114. The highest BCUT2D eigenvalue weighted by molar-refractivity contribution is 7.91. The first-order valence-corrected chi connectivity index (χ1v) is 8.77. The molecule has 0 aliphatic carbocycles. The molecule has 1 aromatic rings. The molecule has 0 N–H and O–H groups in total. The van der Waals surface area contributed by atoms with E-state index in [1.54, 1.807) is 19.1 Å². The smallest absolute Gasteiger partial charge is 0.299 e. The molecule has 1 heterocycles. The minimum Gasteiger partial charge on any atom is -0.303 e. The molecule has 0 aromatic heterocycles. The Bertz CT molecular complexity index is 707. The first-order valence-electron chi connectivity index (χ1n) is 6.95. The van der Waals surface area contributed by atoms with E-state index in [0.29, 0.717) is 17.7 Å². The molecule has 114 valence electrons. The van der Waals surface area contributed by atoms with Gasteiger partial charge in [-0.15, -0.1) is 0 Å². The van der Waals surface area contributed by atoms with Crippen LogP contribution in [0, 0.1) is 13.8 Å². The third-order valence-electron chi connectivity index (χ3n) is 3.80. The number of carbonyl (C=O) groups is 2. The molecule has 1 aromatic carbocycles. The molecular weight excluding hydrogens is 290 g/mol. The maximum Gasteiger partial charge on any atom is 0.299 e. The minimum atomic E-state index is -3.19. The summed E-state index contributed by atoms with van der Waals surface area (Å²) in [5, 5.41) is 0. The van der Waals surface area contributed by atoms with Gasteiger partial charge in [0, 0.05) is 12.3 Å². The largest absolute Gasteiger partial charge is 0.303 e. The standard InChI is InChI=1S/C15H19NO4S/c1-4-8-21(19,20)9-7-16-13-11(3)10(2)5-6-12(13)14(17)15(16)18/h5-6H,4,7-9H2,1-3H3. The molecule has 1 aliphatic rings. The van der Waals surface area contributed by atoms with E-state index in [-0.39, 0.29) is 18.1 Å².